The number of fused-ring (bicyclic) bond motifs is 1. The average molecular weight is 360 g/mol. The average Bonchev–Trinajstić information content (AvgIpc) is 3.02. The van der Waals surface area contributed by atoms with E-state index in [2.05, 4.69) is 10.6 Å². The summed E-state index contributed by atoms with van der Waals surface area (Å²) in [5.41, 5.74) is 1.52. The van der Waals surface area contributed by atoms with E-state index in [4.69, 9.17) is 11.6 Å². The lowest BCUT2D eigenvalue weighted by Gasteiger charge is -2.08. The minimum absolute atomic E-state index is 0.264. The van der Waals surface area contributed by atoms with E-state index in [0.29, 0.717) is 23.6 Å². The molecule has 0 unspecified atom stereocenters. The van der Waals surface area contributed by atoms with E-state index in [1.165, 1.54) is 22.8 Å². The van der Waals surface area contributed by atoms with Gasteiger partial charge in [0.2, 0.25) is 0 Å². The van der Waals surface area contributed by atoms with Crippen molar-refractivity contribution in [2.45, 2.75) is 0 Å². The third kappa shape index (κ3) is 3.80. The molecule has 5 nitrogen and oxygen atoms in total. The molecular formula is C18H15ClFN3O2. The number of urea groups is 1. The van der Waals surface area contributed by atoms with Crippen LogP contribution >= 0.6 is 11.6 Å². The van der Waals surface area contributed by atoms with Crippen LogP contribution in [0.3, 0.4) is 0 Å². The summed E-state index contributed by atoms with van der Waals surface area (Å²) in [5.74, 6) is -0.455. The fraction of sp³-hybridized carbons (Fsp3) is 0.111. The molecule has 1 heterocycles. The minimum atomic E-state index is -0.461. The Bertz CT molecular complexity index is 939. The Labute approximate surface area is 148 Å². The van der Waals surface area contributed by atoms with Crippen molar-refractivity contribution < 1.29 is 14.0 Å². The molecule has 25 heavy (non-hydrogen) atoms. The number of alkyl halides is 1. The number of hydrogen-bond donors (Lipinski definition) is 2. The normalized spacial score (nSPS) is 10.6. The molecule has 2 aromatic carbocycles. The van der Waals surface area contributed by atoms with Crippen LogP contribution in [0.15, 0.2) is 54.7 Å². The largest absolute Gasteiger partial charge is 0.337 e. The van der Waals surface area contributed by atoms with Crippen LogP contribution in [0.25, 0.3) is 10.9 Å². The molecule has 3 aromatic rings. The quantitative estimate of drug-likeness (QED) is 0.695. The first-order chi connectivity index (χ1) is 12.1. The molecule has 0 aliphatic heterocycles. The summed E-state index contributed by atoms with van der Waals surface area (Å²) in [6.07, 6.45) is 1.62. The van der Waals surface area contributed by atoms with E-state index in [0.717, 1.165) is 5.39 Å². The fourth-order valence-electron chi connectivity index (χ4n) is 2.49. The van der Waals surface area contributed by atoms with Crippen molar-refractivity contribution in [3.8, 4) is 0 Å². The van der Waals surface area contributed by atoms with E-state index >= 15 is 0 Å². The van der Waals surface area contributed by atoms with Crippen LogP contribution in [-0.2, 0) is 0 Å². The summed E-state index contributed by atoms with van der Waals surface area (Å²) in [6, 6.07) is 12.1. The molecule has 0 radical (unpaired) electrons. The van der Waals surface area contributed by atoms with Crippen molar-refractivity contribution in [2.75, 3.05) is 17.7 Å². The van der Waals surface area contributed by atoms with Gasteiger partial charge in [0.1, 0.15) is 5.82 Å². The maximum absolute atomic E-state index is 13.3. The highest BCUT2D eigenvalue weighted by molar-refractivity contribution is 6.18. The number of benzene rings is 2. The Hall–Kier alpha value is -2.86. The Morgan fingerprint density at radius 1 is 1.12 bits per heavy atom. The predicted molar refractivity (Wildman–Crippen MR) is 95.8 cm³/mol. The molecule has 0 bridgehead atoms. The van der Waals surface area contributed by atoms with E-state index < -0.39 is 5.82 Å². The number of aromatic nitrogens is 1. The van der Waals surface area contributed by atoms with Crippen LogP contribution in [0.5, 0.6) is 0 Å². The highest BCUT2D eigenvalue weighted by atomic mass is 35.5. The number of rotatable bonds is 4. The standard InChI is InChI=1S/C18H15ClFN3O2/c19-7-8-21-18(25)22-15-4-5-16-12(11-15)6-9-23(16)17(24)13-2-1-3-14(20)10-13/h1-6,9-11H,7-8H2,(H2,21,22,25). The van der Waals surface area contributed by atoms with Crippen LogP contribution in [0.2, 0.25) is 0 Å². The van der Waals surface area contributed by atoms with E-state index in [1.54, 1.807) is 36.5 Å². The lowest BCUT2D eigenvalue weighted by atomic mass is 10.2. The van der Waals surface area contributed by atoms with Crippen LogP contribution in [0.4, 0.5) is 14.9 Å². The Morgan fingerprint density at radius 3 is 2.72 bits per heavy atom. The summed E-state index contributed by atoms with van der Waals surface area (Å²) in [4.78, 5) is 24.2. The molecule has 0 aliphatic rings. The van der Waals surface area contributed by atoms with Crippen LogP contribution in [0.1, 0.15) is 10.4 Å². The molecule has 1 aromatic heterocycles. The van der Waals surface area contributed by atoms with Gasteiger partial charge in [-0.2, -0.15) is 0 Å². The Morgan fingerprint density at radius 2 is 1.96 bits per heavy atom. The molecule has 2 N–H and O–H groups in total. The third-order valence-electron chi connectivity index (χ3n) is 3.62. The molecule has 0 saturated carbocycles. The van der Waals surface area contributed by atoms with Crippen molar-refractivity contribution in [1.29, 1.82) is 0 Å². The van der Waals surface area contributed by atoms with Gasteiger partial charge in [0.25, 0.3) is 5.91 Å². The first-order valence-electron chi connectivity index (χ1n) is 7.60. The highest BCUT2D eigenvalue weighted by Crippen LogP contribution is 2.21. The summed E-state index contributed by atoms with van der Waals surface area (Å²) in [7, 11) is 0. The van der Waals surface area contributed by atoms with Gasteiger partial charge in [-0.05, 0) is 42.5 Å². The van der Waals surface area contributed by atoms with Gasteiger partial charge in [0, 0.05) is 35.3 Å². The maximum atomic E-state index is 13.3. The molecule has 0 atom stereocenters. The SMILES string of the molecule is O=C(NCCCl)Nc1ccc2c(ccn2C(=O)c2cccc(F)c2)c1. The van der Waals surface area contributed by atoms with Gasteiger partial charge in [0.15, 0.2) is 0 Å². The summed E-state index contributed by atoms with van der Waals surface area (Å²) in [5, 5.41) is 6.07. The number of nitrogens with one attached hydrogen (secondary N) is 2. The van der Waals surface area contributed by atoms with Crippen molar-refractivity contribution in [1.82, 2.24) is 9.88 Å². The van der Waals surface area contributed by atoms with Gasteiger partial charge in [-0.1, -0.05) is 6.07 Å². The minimum Gasteiger partial charge on any atom is -0.337 e. The second-order valence-corrected chi connectivity index (χ2v) is 5.72. The Kier molecular flexibility index (Phi) is 5.00. The van der Waals surface area contributed by atoms with Gasteiger partial charge in [-0.25, -0.2) is 9.18 Å². The van der Waals surface area contributed by atoms with Crippen molar-refractivity contribution in [3.63, 3.8) is 0 Å². The summed E-state index contributed by atoms with van der Waals surface area (Å²) < 4.78 is 14.8. The molecule has 0 aliphatic carbocycles. The van der Waals surface area contributed by atoms with Crippen molar-refractivity contribution in [2.24, 2.45) is 0 Å². The molecule has 0 saturated heterocycles. The lowest BCUT2D eigenvalue weighted by molar-refractivity contribution is 0.0964. The Balaban J connectivity index is 1.85. The molecule has 3 rings (SSSR count). The molecule has 0 fully saturated rings. The van der Waals surface area contributed by atoms with Gasteiger partial charge in [0.05, 0.1) is 5.52 Å². The molecule has 0 spiro atoms. The third-order valence-corrected chi connectivity index (χ3v) is 3.81. The summed E-state index contributed by atoms with van der Waals surface area (Å²) in [6.45, 7) is 0.369. The molecule has 2 amide bonds. The predicted octanol–water partition coefficient (Wildman–Crippen LogP) is 3.83. The number of carbonyl (C=O) groups excluding carboxylic acids is 2. The first kappa shape index (κ1) is 17.0. The van der Waals surface area contributed by atoms with Crippen molar-refractivity contribution >= 4 is 40.1 Å². The topological polar surface area (TPSA) is 63.1 Å². The maximum Gasteiger partial charge on any atom is 0.319 e. The second kappa shape index (κ2) is 7.36. The van der Waals surface area contributed by atoms with Crippen LogP contribution in [0, 0.1) is 5.82 Å². The molecule has 7 heteroatoms. The number of amides is 2. The van der Waals surface area contributed by atoms with Gasteiger partial charge < -0.3 is 10.6 Å². The molecular weight excluding hydrogens is 345 g/mol. The zero-order valence-corrected chi connectivity index (χ0v) is 13.9. The van der Waals surface area contributed by atoms with E-state index in [1.807, 2.05) is 0 Å². The fourth-order valence-corrected chi connectivity index (χ4v) is 2.59. The number of carbonyl (C=O) groups is 2. The number of anilines is 1. The lowest BCUT2D eigenvalue weighted by Crippen LogP contribution is -2.30. The van der Waals surface area contributed by atoms with Crippen LogP contribution < -0.4 is 10.6 Å². The number of nitrogens with zero attached hydrogens (tertiary/aromatic N) is 1. The van der Waals surface area contributed by atoms with E-state index in [9.17, 15) is 14.0 Å². The summed E-state index contributed by atoms with van der Waals surface area (Å²) >= 11 is 5.52. The smallest absolute Gasteiger partial charge is 0.319 e. The second-order valence-electron chi connectivity index (χ2n) is 5.34. The first-order valence-corrected chi connectivity index (χ1v) is 8.14. The zero-order valence-electron chi connectivity index (χ0n) is 13.1. The number of halogens is 2. The number of hydrogen-bond acceptors (Lipinski definition) is 2. The van der Waals surface area contributed by atoms with Gasteiger partial charge in [-0.15, -0.1) is 11.6 Å². The molecule has 128 valence electrons. The van der Waals surface area contributed by atoms with Gasteiger partial charge in [-0.3, -0.25) is 9.36 Å². The highest BCUT2D eigenvalue weighted by Gasteiger charge is 2.12. The van der Waals surface area contributed by atoms with Crippen molar-refractivity contribution in [3.05, 3.63) is 66.1 Å². The van der Waals surface area contributed by atoms with Gasteiger partial charge >= 0.3 is 6.03 Å². The van der Waals surface area contributed by atoms with Crippen LogP contribution in [-0.4, -0.2) is 28.9 Å². The zero-order chi connectivity index (χ0) is 17.8. The van der Waals surface area contributed by atoms with E-state index in [-0.39, 0.29) is 17.5 Å². The monoisotopic (exact) mass is 359 g/mol.